The lowest BCUT2D eigenvalue weighted by molar-refractivity contribution is -0.121. The van der Waals surface area contributed by atoms with Crippen LogP contribution in [0.5, 0.6) is 0 Å². The van der Waals surface area contributed by atoms with Crippen LogP contribution in [0.25, 0.3) is 0 Å². The van der Waals surface area contributed by atoms with Crippen molar-refractivity contribution < 1.29 is 9.59 Å². The van der Waals surface area contributed by atoms with E-state index in [1.807, 2.05) is 9.39 Å². The van der Waals surface area contributed by atoms with Gasteiger partial charge in [-0.2, -0.15) is 0 Å². The van der Waals surface area contributed by atoms with E-state index < -0.39 is 0 Å². The molecule has 0 aromatic rings. The molecule has 1 aliphatic heterocycles. The third-order valence-electron chi connectivity index (χ3n) is 0.878. The fourth-order valence-corrected chi connectivity index (χ4v) is 0.617. The average Bonchev–Trinajstić information content (AvgIpc) is 1.98. The minimum Gasteiger partial charge on any atom is -0.328 e. The van der Waals surface area contributed by atoms with Crippen LogP contribution >= 0.6 is 9.39 Å². The lowest BCUT2D eigenvalue weighted by atomic mass is 10.7. The summed E-state index contributed by atoms with van der Waals surface area (Å²) in [5.41, 5.74) is 0. The van der Waals surface area contributed by atoms with Crippen molar-refractivity contribution in [2.75, 3.05) is 6.54 Å². The molecular formula is C3H5N2O2P. The summed E-state index contributed by atoms with van der Waals surface area (Å²) in [7, 11) is 2.02. The molecule has 8 heavy (non-hydrogen) atoms. The van der Waals surface area contributed by atoms with Gasteiger partial charge >= 0.3 is 6.03 Å². The maximum absolute atomic E-state index is 10.4. The van der Waals surface area contributed by atoms with Gasteiger partial charge in [-0.25, -0.2) is 9.46 Å². The SMILES string of the molecule is O=C1CNC(=O)N1P. The number of hydrogen-bond acceptors (Lipinski definition) is 2. The number of amides is 3. The maximum Gasteiger partial charge on any atom is 0.327 e. The summed E-state index contributed by atoms with van der Waals surface area (Å²) < 4.78 is 0.972. The smallest absolute Gasteiger partial charge is 0.327 e. The lowest BCUT2D eigenvalue weighted by Gasteiger charge is -1.98. The summed E-state index contributed by atoms with van der Waals surface area (Å²) in [5.74, 6) is -0.208. The summed E-state index contributed by atoms with van der Waals surface area (Å²) in [4.78, 5) is 20.8. The number of carbonyl (C=O) groups excluding carboxylic acids is 2. The Morgan fingerprint density at radius 2 is 2.25 bits per heavy atom. The molecule has 1 aliphatic rings. The summed E-state index contributed by atoms with van der Waals surface area (Å²) in [5, 5.41) is 2.34. The van der Waals surface area contributed by atoms with Gasteiger partial charge in [0, 0.05) is 0 Å². The second-order valence-electron chi connectivity index (χ2n) is 1.42. The topological polar surface area (TPSA) is 49.4 Å². The molecule has 1 fully saturated rings. The van der Waals surface area contributed by atoms with Crippen LogP contribution in [0.15, 0.2) is 0 Å². The monoisotopic (exact) mass is 132 g/mol. The Balaban J connectivity index is 2.70. The number of carbonyl (C=O) groups is 2. The van der Waals surface area contributed by atoms with Crippen LogP contribution in [0.3, 0.4) is 0 Å². The number of hydrogen-bond donors (Lipinski definition) is 1. The van der Waals surface area contributed by atoms with Crippen molar-refractivity contribution in [2.24, 2.45) is 0 Å². The van der Waals surface area contributed by atoms with Crippen molar-refractivity contribution >= 4 is 21.3 Å². The molecule has 3 amide bonds. The average molecular weight is 132 g/mol. The molecule has 0 aliphatic carbocycles. The molecule has 4 nitrogen and oxygen atoms in total. The molecule has 44 valence electrons. The highest BCUT2D eigenvalue weighted by molar-refractivity contribution is 7.16. The quantitative estimate of drug-likeness (QED) is 0.351. The van der Waals surface area contributed by atoms with Gasteiger partial charge in [0.25, 0.3) is 5.91 Å². The van der Waals surface area contributed by atoms with E-state index in [0.717, 1.165) is 4.67 Å². The van der Waals surface area contributed by atoms with Gasteiger partial charge in [-0.1, -0.05) is 0 Å². The summed E-state index contributed by atoms with van der Waals surface area (Å²) in [6.07, 6.45) is 0. The fourth-order valence-electron chi connectivity index (χ4n) is 0.435. The van der Waals surface area contributed by atoms with Gasteiger partial charge in [-0.3, -0.25) is 4.79 Å². The van der Waals surface area contributed by atoms with E-state index in [9.17, 15) is 9.59 Å². The molecule has 1 N–H and O–H groups in total. The molecular weight excluding hydrogens is 127 g/mol. The summed E-state index contributed by atoms with van der Waals surface area (Å²) in [6, 6.07) is -0.347. The lowest BCUT2D eigenvalue weighted by Crippen LogP contribution is -2.19. The highest BCUT2D eigenvalue weighted by Gasteiger charge is 2.23. The van der Waals surface area contributed by atoms with Crippen LogP contribution in [0, 0.1) is 0 Å². The molecule has 0 spiro atoms. The normalized spacial score (nSPS) is 19.4. The van der Waals surface area contributed by atoms with Crippen LogP contribution < -0.4 is 5.32 Å². The van der Waals surface area contributed by atoms with E-state index in [1.165, 1.54) is 0 Å². The van der Waals surface area contributed by atoms with Crippen LogP contribution in [0.1, 0.15) is 0 Å². The first-order valence-electron chi connectivity index (χ1n) is 2.07. The molecule has 0 aromatic carbocycles. The third-order valence-corrected chi connectivity index (χ3v) is 1.40. The maximum atomic E-state index is 10.4. The highest BCUT2D eigenvalue weighted by Crippen LogP contribution is 2.03. The summed E-state index contributed by atoms with van der Waals surface area (Å²) >= 11 is 0. The highest BCUT2D eigenvalue weighted by atomic mass is 31.0. The molecule has 0 bridgehead atoms. The van der Waals surface area contributed by atoms with Crippen molar-refractivity contribution in [2.45, 2.75) is 0 Å². The molecule has 1 atom stereocenters. The minimum absolute atomic E-state index is 0.127. The number of imide groups is 1. The number of rotatable bonds is 0. The first kappa shape index (κ1) is 5.51. The largest absolute Gasteiger partial charge is 0.328 e. The molecule has 0 saturated carbocycles. The fraction of sp³-hybridized carbons (Fsp3) is 0.333. The minimum atomic E-state index is -0.347. The van der Waals surface area contributed by atoms with E-state index in [2.05, 4.69) is 5.32 Å². The Labute approximate surface area is 48.5 Å². The van der Waals surface area contributed by atoms with Crippen LogP contribution in [-0.4, -0.2) is 23.2 Å². The van der Waals surface area contributed by atoms with Crippen molar-refractivity contribution in [3.63, 3.8) is 0 Å². The van der Waals surface area contributed by atoms with E-state index >= 15 is 0 Å². The van der Waals surface area contributed by atoms with Crippen molar-refractivity contribution in [1.29, 1.82) is 0 Å². The van der Waals surface area contributed by atoms with Crippen LogP contribution in [0.2, 0.25) is 0 Å². The van der Waals surface area contributed by atoms with Gasteiger partial charge < -0.3 is 5.32 Å². The van der Waals surface area contributed by atoms with Gasteiger partial charge in [0.05, 0.1) is 6.54 Å². The summed E-state index contributed by atoms with van der Waals surface area (Å²) in [6.45, 7) is 0.127. The zero-order valence-electron chi connectivity index (χ0n) is 4.05. The Morgan fingerprint density at radius 1 is 1.62 bits per heavy atom. The molecule has 0 aromatic heterocycles. The molecule has 1 saturated heterocycles. The zero-order valence-corrected chi connectivity index (χ0v) is 5.20. The van der Waals surface area contributed by atoms with Crippen molar-refractivity contribution in [1.82, 2.24) is 9.99 Å². The van der Waals surface area contributed by atoms with Crippen molar-refractivity contribution in [3.8, 4) is 0 Å². The molecule has 1 heterocycles. The second-order valence-corrected chi connectivity index (χ2v) is 1.94. The Bertz CT molecular complexity index is 130. The predicted octanol–water partition coefficient (Wildman–Crippen LogP) is -0.672. The molecule has 0 radical (unpaired) electrons. The van der Waals surface area contributed by atoms with Gasteiger partial charge in [0.1, 0.15) is 0 Å². The Hall–Kier alpha value is -0.630. The molecule has 1 unspecified atom stereocenters. The first-order chi connectivity index (χ1) is 3.72. The Morgan fingerprint density at radius 3 is 2.38 bits per heavy atom. The van der Waals surface area contributed by atoms with Gasteiger partial charge in [-0.05, 0) is 9.39 Å². The van der Waals surface area contributed by atoms with Crippen molar-refractivity contribution in [3.05, 3.63) is 0 Å². The third kappa shape index (κ3) is 0.670. The predicted molar refractivity (Wildman–Crippen MR) is 30.0 cm³/mol. The van der Waals surface area contributed by atoms with Gasteiger partial charge in [-0.15, -0.1) is 0 Å². The number of nitrogens with one attached hydrogen (secondary N) is 1. The van der Waals surface area contributed by atoms with E-state index in [1.54, 1.807) is 0 Å². The number of nitrogens with zero attached hydrogens (tertiary/aromatic N) is 1. The van der Waals surface area contributed by atoms with Gasteiger partial charge in [0.2, 0.25) is 0 Å². The second kappa shape index (κ2) is 1.71. The van der Waals surface area contributed by atoms with E-state index in [0.29, 0.717) is 0 Å². The first-order valence-corrected chi connectivity index (χ1v) is 2.59. The molecule has 5 heteroatoms. The number of urea groups is 1. The van der Waals surface area contributed by atoms with Gasteiger partial charge in [0.15, 0.2) is 0 Å². The van der Waals surface area contributed by atoms with Crippen LogP contribution in [0.4, 0.5) is 4.79 Å². The Kier molecular flexibility index (Phi) is 1.18. The standard InChI is InChI=1S/C3H5N2O2P/c6-2-1-4-3(7)5(2)8/h1,8H2,(H,4,7). The zero-order chi connectivity index (χ0) is 6.15. The molecule has 1 rings (SSSR count). The van der Waals surface area contributed by atoms with Crippen LogP contribution in [-0.2, 0) is 4.79 Å². The van der Waals surface area contributed by atoms with E-state index in [4.69, 9.17) is 0 Å². The van der Waals surface area contributed by atoms with E-state index in [-0.39, 0.29) is 18.5 Å².